The van der Waals surface area contributed by atoms with Crippen molar-refractivity contribution in [3.63, 3.8) is 0 Å². The van der Waals surface area contributed by atoms with E-state index in [4.69, 9.17) is 20.5 Å². The Morgan fingerprint density at radius 3 is 2.88 bits per heavy atom. The smallest absolute Gasteiger partial charge is 0.229 e. The van der Waals surface area contributed by atoms with Gasteiger partial charge in [0.1, 0.15) is 11.5 Å². The second kappa shape index (κ2) is 8.09. The highest BCUT2D eigenvalue weighted by Crippen LogP contribution is 2.32. The topological polar surface area (TPSA) is 59.5 Å². The van der Waals surface area contributed by atoms with Gasteiger partial charge in [-0.3, -0.25) is 4.79 Å². The van der Waals surface area contributed by atoms with E-state index >= 15 is 0 Å². The number of hydrogen-bond donors (Lipinski definition) is 0. The van der Waals surface area contributed by atoms with Crippen molar-refractivity contribution in [1.29, 1.82) is 0 Å². The molecule has 1 fully saturated rings. The van der Waals surface area contributed by atoms with Gasteiger partial charge >= 0.3 is 0 Å². The van der Waals surface area contributed by atoms with E-state index in [1.54, 1.807) is 0 Å². The van der Waals surface area contributed by atoms with E-state index in [0.29, 0.717) is 12.8 Å². The summed E-state index contributed by atoms with van der Waals surface area (Å²) < 4.78 is 10.9. The first-order valence-electron chi connectivity index (χ1n) is 9.09. The van der Waals surface area contributed by atoms with Crippen LogP contribution >= 0.6 is 11.6 Å². The summed E-state index contributed by atoms with van der Waals surface area (Å²) in [5, 5.41) is 4.14. The summed E-state index contributed by atoms with van der Waals surface area (Å²) in [4.78, 5) is 14.9. The number of aryl methyl sites for hydroxylation is 2. The third kappa shape index (κ3) is 4.09. The van der Waals surface area contributed by atoms with E-state index in [2.05, 4.69) is 12.1 Å². The van der Waals surface area contributed by atoms with Gasteiger partial charge in [-0.1, -0.05) is 24.9 Å². The lowest BCUT2D eigenvalue weighted by molar-refractivity contribution is -0.134. The van der Waals surface area contributed by atoms with E-state index in [9.17, 15) is 4.79 Å². The zero-order chi connectivity index (χ0) is 17.8. The molecule has 0 N–H and O–H groups in total. The van der Waals surface area contributed by atoms with Crippen molar-refractivity contribution < 1.29 is 13.7 Å². The summed E-state index contributed by atoms with van der Waals surface area (Å²) in [6.07, 6.45) is 6.08. The molecule has 25 heavy (non-hydrogen) atoms. The van der Waals surface area contributed by atoms with Gasteiger partial charge in [-0.15, -0.1) is 0 Å². The number of aromatic nitrogens is 1. The number of furan rings is 1. The van der Waals surface area contributed by atoms with E-state index in [1.165, 1.54) is 0 Å². The number of likely N-dealkylation sites (tertiary alicyclic amines) is 1. The first kappa shape index (κ1) is 18.1. The minimum absolute atomic E-state index is 0.0364. The van der Waals surface area contributed by atoms with Gasteiger partial charge in [-0.25, -0.2) is 0 Å². The molecule has 1 aliphatic heterocycles. The molecule has 3 heterocycles. The molecule has 1 saturated heterocycles. The summed E-state index contributed by atoms with van der Waals surface area (Å²) in [6, 6.07) is 4.08. The number of rotatable bonds is 5. The van der Waals surface area contributed by atoms with Crippen molar-refractivity contribution in [2.45, 2.75) is 64.8 Å². The molecule has 0 saturated carbocycles. The van der Waals surface area contributed by atoms with Crippen LogP contribution in [0.15, 0.2) is 21.1 Å². The Labute approximate surface area is 153 Å². The van der Waals surface area contributed by atoms with Crippen molar-refractivity contribution in [2.75, 3.05) is 6.54 Å². The SMILES string of the molecule is CCc1ccc(C2CCCCCN2C(=O)CCc2c(C)noc2Cl)o1. The van der Waals surface area contributed by atoms with E-state index in [-0.39, 0.29) is 17.2 Å². The van der Waals surface area contributed by atoms with Gasteiger partial charge in [0.05, 0.1) is 11.7 Å². The lowest BCUT2D eigenvalue weighted by Crippen LogP contribution is -2.34. The van der Waals surface area contributed by atoms with Crippen LogP contribution in [0.25, 0.3) is 0 Å². The molecule has 0 bridgehead atoms. The molecule has 0 aliphatic carbocycles. The number of carbonyl (C=O) groups excluding carboxylic acids is 1. The maximum Gasteiger partial charge on any atom is 0.229 e. The monoisotopic (exact) mass is 364 g/mol. The molecule has 1 amide bonds. The highest BCUT2D eigenvalue weighted by atomic mass is 35.5. The Bertz CT molecular complexity index is 703. The molecular formula is C19H25ClN2O3. The van der Waals surface area contributed by atoms with Crippen LogP contribution in [0.1, 0.15) is 67.8 Å². The Morgan fingerprint density at radius 1 is 1.36 bits per heavy atom. The average Bonchev–Trinajstić information content (AvgIpc) is 3.12. The Morgan fingerprint density at radius 2 is 2.20 bits per heavy atom. The Balaban J connectivity index is 1.73. The van der Waals surface area contributed by atoms with Crippen LogP contribution in [-0.2, 0) is 17.6 Å². The van der Waals surface area contributed by atoms with Gasteiger partial charge in [0.2, 0.25) is 11.1 Å². The van der Waals surface area contributed by atoms with E-state index in [1.807, 2.05) is 24.0 Å². The predicted molar refractivity (Wildman–Crippen MR) is 95.6 cm³/mol. The summed E-state index contributed by atoms with van der Waals surface area (Å²) in [5.41, 5.74) is 1.58. The molecule has 1 atom stereocenters. The number of carbonyl (C=O) groups is 1. The van der Waals surface area contributed by atoms with E-state index in [0.717, 1.165) is 61.4 Å². The van der Waals surface area contributed by atoms with Gasteiger partial charge in [-0.2, -0.15) is 0 Å². The predicted octanol–water partition coefficient (Wildman–Crippen LogP) is 4.87. The molecule has 6 heteroatoms. The fourth-order valence-corrected chi connectivity index (χ4v) is 3.75. The highest BCUT2D eigenvalue weighted by Gasteiger charge is 2.29. The minimum atomic E-state index is 0.0364. The van der Waals surface area contributed by atoms with Gasteiger partial charge in [-0.05, 0) is 49.9 Å². The molecule has 3 rings (SSSR count). The van der Waals surface area contributed by atoms with E-state index < -0.39 is 0 Å². The number of hydrogen-bond acceptors (Lipinski definition) is 4. The van der Waals surface area contributed by atoms with Gasteiger partial charge in [0.25, 0.3) is 0 Å². The first-order valence-corrected chi connectivity index (χ1v) is 9.46. The molecule has 1 unspecified atom stereocenters. The van der Waals surface area contributed by atoms with Crippen LogP contribution < -0.4 is 0 Å². The van der Waals surface area contributed by atoms with Crippen LogP contribution in [0.4, 0.5) is 0 Å². The molecule has 5 nitrogen and oxygen atoms in total. The summed E-state index contributed by atoms with van der Waals surface area (Å²) in [6.45, 7) is 4.70. The minimum Gasteiger partial charge on any atom is -0.464 e. The number of nitrogens with zero attached hydrogens (tertiary/aromatic N) is 2. The summed E-state index contributed by atoms with van der Waals surface area (Å²) in [5.74, 6) is 2.02. The van der Waals surface area contributed by atoms with Crippen LogP contribution in [0.2, 0.25) is 5.22 Å². The normalized spacial score (nSPS) is 18.4. The number of halogens is 1. The van der Waals surface area contributed by atoms with Crippen LogP contribution in [0.5, 0.6) is 0 Å². The second-order valence-corrected chi connectivity index (χ2v) is 6.97. The van der Waals surface area contributed by atoms with Crippen molar-refractivity contribution in [1.82, 2.24) is 10.1 Å². The molecule has 2 aromatic rings. The maximum absolute atomic E-state index is 12.9. The van der Waals surface area contributed by atoms with Crippen molar-refractivity contribution in [2.24, 2.45) is 0 Å². The van der Waals surface area contributed by atoms with Gasteiger partial charge in [0, 0.05) is 24.9 Å². The zero-order valence-corrected chi connectivity index (χ0v) is 15.6. The van der Waals surface area contributed by atoms with Crippen molar-refractivity contribution >= 4 is 17.5 Å². The molecule has 0 radical (unpaired) electrons. The molecule has 136 valence electrons. The first-order chi connectivity index (χ1) is 12.1. The second-order valence-electron chi connectivity index (χ2n) is 6.63. The highest BCUT2D eigenvalue weighted by molar-refractivity contribution is 6.29. The molecule has 0 spiro atoms. The van der Waals surface area contributed by atoms with Crippen LogP contribution in [0.3, 0.4) is 0 Å². The lowest BCUT2D eigenvalue weighted by Gasteiger charge is -2.29. The Hall–Kier alpha value is -1.75. The quantitative estimate of drug-likeness (QED) is 0.759. The average molecular weight is 365 g/mol. The number of amides is 1. The molecule has 2 aromatic heterocycles. The largest absolute Gasteiger partial charge is 0.464 e. The summed E-state index contributed by atoms with van der Waals surface area (Å²) in [7, 11) is 0. The molecular weight excluding hydrogens is 340 g/mol. The lowest BCUT2D eigenvalue weighted by atomic mass is 10.1. The third-order valence-electron chi connectivity index (χ3n) is 4.96. The summed E-state index contributed by atoms with van der Waals surface area (Å²) >= 11 is 6.01. The zero-order valence-electron chi connectivity index (χ0n) is 14.9. The standard InChI is InChI=1S/C19H25ClN2O3/c1-3-14-8-10-17(24-14)16-7-5-4-6-12-22(16)18(23)11-9-15-13(2)21-25-19(15)20/h8,10,16H,3-7,9,11-12H2,1-2H3. The third-order valence-corrected chi connectivity index (χ3v) is 5.26. The van der Waals surface area contributed by atoms with Crippen LogP contribution in [-0.4, -0.2) is 22.5 Å². The fourth-order valence-electron chi connectivity index (χ4n) is 3.48. The Kier molecular flexibility index (Phi) is 5.84. The van der Waals surface area contributed by atoms with Crippen molar-refractivity contribution in [3.05, 3.63) is 40.1 Å². The molecule has 1 aliphatic rings. The van der Waals surface area contributed by atoms with Gasteiger partial charge in [0.15, 0.2) is 0 Å². The molecule has 0 aromatic carbocycles. The fraction of sp³-hybridized carbons (Fsp3) is 0.579. The van der Waals surface area contributed by atoms with Crippen LogP contribution in [0, 0.1) is 6.92 Å². The van der Waals surface area contributed by atoms with Crippen molar-refractivity contribution in [3.8, 4) is 0 Å². The van der Waals surface area contributed by atoms with Gasteiger partial charge < -0.3 is 13.8 Å². The maximum atomic E-state index is 12.9.